The first-order valence-corrected chi connectivity index (χ1v) is 14.2. The number of aromatic carboxylic acids is 1. The molecule has 0 saturated carbocycles. The highest BCUT2D eigenvalue weighted by atomic mass is 19.4. The van der Waals surface area contributed by atoms with Crippen LogP contribution in [0.5, 0.6) is 5.75 Å². The predicted octanol–water partition coefficient (Wildman–Crippen LogP) is 5.40. The fraction of sp³-hybridized carbons (Fsp3) is 0.344. The van der Waals surface area contributed by atoms with E-state index in [2.05, 4.69) is 10.6 Å². The maximum Gasteiger partial charge on any atom is 0.416 e. The summed E-state index contributed by atoms with van der Waals surface area (Å²) in [5.74, 6) is -1.51. The van der Waals surface area contributed by atoms with E-state index in [1.165, 1.54) is 12.1 Å². The molecule has 10 nitrogen and oxygen atoms in total. The van der Waals surface area contributed by atoms with Crippen molar-refractivity contribution < 1.29 is 42.5 Å². The van der Waals surface area contributed by atoms with Crippen LogP contribution in [0.1, 0.15) is 45.7 Å². The minimum absolute atomic E-state index is 0.121. The molecule has 0 aliphatic carbocycles. The lowest BCUT2D eigenvalue weighted by molar-refractivity contribution is -0.137. The van der Waals surface area contributed by atoms with Crippen LogP contribution in [0.3, 0.4) is 0 Å². The van der Waals surface area contributed by atoms with Crippen LogP contribution in [0, 0.1) is 5.92 Å². The number of carbonyl (C=O) groups is 3. The smallest absolute Gasteiger partial charge is 0.416 e. The van der Waals surface area contributed by atoms with Crippen molar-refractivity contribution in [2.75, 3.05) is 37.4 Å². The number of aliphatic hydroxyl groups excluding tert-OH is 1. The van der Waals surface area contributed by atoms with Crippen LogP contribution in [-0.4, -0.2) is 76.8 Å². The monoisotopic (exact) mass is 628 g/mol. The summed E-state index contributed by atoms with van der Waals surface area (Å²) in [5, 5.41) is 24.2. The fourth-order valence-electron chi connectivity index (χ4n) is 5.02. The lowest BCUT2D eigenvalue weighted by atomic mass is 9.98. The average Bonchev–Trinajstić information content (AvgIpc) is 2.99. The van der Waals surface area contributed by atoms with Gasteiger partial charge in [-0.05, 0) is 68.1 Å². The zero-order chi connectivity index (χ0) is 32.9. The minimum atomic E-state index is -4.51. The minimum Gasteiger partial charge on any atom is -0.486 e. The van der Waals surface area contributed by atoms with Gasteiger partial charge in [0, 0.05) is 31.2 Å². The number of anilines is 2. The third kappa shape index (κ3) is 8.31. The normalized spacial score (nSPS) is 17.5. The van der Waals surface area contributed by atoms with Gasteiger partial charge in [-0.25, -0.2) is 9.59 Å². The maximum absolute atomic E-state index is 13.7. The van der Waals surface area contributed by atoms with Gasteiger partial charge in [-0.3, -0.25) is 9.69 Å². The molecule has 3 aromatic carbocycles. The molecule has 1 aliphatic rings. The Balaban J connectivity index is 1.59. The number of alkyl halides is 3. The van der Waals surface area contributed by atoms with Gasteiger partial charge in [-0.2, -0.15) is 13.2 Å². The Morgan fingerprint density at radius 1 is 1.07 bits per heavy atom. The first-order valence-electron chi connectivity index (χ1n) is 14.2. The molecule has 4 N–H and O–H groups in total. The van der Waals surface area contributed by atoms with Crippen LogP contribution in [0.25, 0.3) is 0 Å². The molecular formula is C32H35F3N4O6. The topological polar surface area (TPSA) is 131 Å². The van der Waals surface area contributed by atoms with E-state index < -0.39 is 41.8 Å². The van der Waals surface area contributed by atoms with Gasteiger partial charge in [0.15, 0.2) is 5.75 Å². The SMILES string of the molecule is C[C@H]1CN([C@@H](C)CO)C(=O)c2cccc(NC(=O)Nc3ccc(C(F)(F)F)cc3)c2O[C@H]1CN(C)Cc1ccc(C(=O)O)cc1. The van der Waals surface area contributed by atoms with Crippen molar-refractivity contribution in [1.29, 1.82) is 0 Å². The van der Waals surface area contributed by atoms with Crippen molar-refractivity contribution in [3.63, 3.8) is 0 Å². The van der Waals surface area contributed by atoms with Gasteiger partial charge in [0.25, 0.3) is 5.91 Å². The predicted molar refractivity (Wildman–Crippen MR) is 161 cm³/mol. The summed E-state index contributed by atoms with van der Waals surface area (Å²) in [6.07, 6.45) is -5.01. The van der Waals surface area contributed by atoms with Crippen LogP contribution in [0.4, 0.5) is 29.3 Å². The number of urea groups is 1. The summed E-state index contributed by atoms with van der Waals surface area (Å²) in [7, 11) is 1.88. The van der Waals surface area contributed by atoms with Crippen LogP contribution in [0.15, 0.2) is 66.7 Å². The number of amides is 3. The van der Waals surface area contributed by atoms with E-state index in [1.807, 2.05) is 18.9 Å². The van der Waals surface area contributed by atoms with Gasteiger partial charge >= 0.3 is 18.2 Å². The first-order chi connectivity index (χ1) is 21.3. The maximum atomic E-state index is 13.7. The molecule has 13 heteroatoms. The molecule has 1 aliphatic heterocycles. The number of hydrogen-bond donors (Lipinski definition) is 4. The zero-order valence-electron chi connectivity index (χ0n) is 25.0. The molecule has 0 aromatic heterocycles. The molecule has 0 bridgehead atoms. The number of para-hydroxylation sites is 1. The van der Waals surface area contributed by atoms with Crippen molar-refractivity contribution in [1.82, 2.24) is 9.80 Å². The molecule has 45 heavy (non-hydrogen) atoms. The number of hydrogen-bond acceptors (Lipinski definition) is 6. The van der Waals surface area contributed by atoms with Gasteiger partial charge < -0.3 is 30.5 Å². The molecular weight excluding hydrogens is 593 g/mol. The van der Waals surface area contributed by atoms with Gasteiger partial charge in [-0.1, -0.05) is 25.1 Å². The summed E-state index contributed by atoms with van der Waals surface area (Å²) >= 11 is 0. The third-order valence-corrected chi connectivity index (χ3v) is 7.55. The van der Waals surface area contributed by atoms with E-state index in [9.17, 15) is 37.8 Å². The standard InChI is InChI=1S/C32H35F3N4O6/c1-19-15-39(20(2)18-40)29(41)25-5-4-6-26(37-31(44)36-24-13-11-23(12-14-24)32(33,34)35)28(25)45-27(19)17-38(3)16-21-7-9-22(10-8-21)30(42)43/h4-14,19-20,27,40H,15-18H2,1-3H3,(H,42,43)(H2,36,37,44)/t19-,20-,27-/m0/s1. The number of aliphatic hydroxyl groups is 1. The number of carboxylic acids is 1. The quantitative estimate of drug-likeness (QED) is 0.250. The van der Waals surface area contributed by atoms with E-state index in [0.717, 1.165) is 29.8 Å². The molecule has 3 amide bonds. The van der Waals surface area contributed by atoms with Crippen LogP contribution in [0.2, 0.25) is 0 Å². The Hall–Kier alpha value is -4.62. The van der Waals surface area contributed by atoms with E-state index in [-0.39, 0.29) is 47.3 Å². The van der Waals surface area contributed by atoms with Crippen molar-refractivity contribution in [3.8, 4) is 5.75 Å². The summed E-state index contributed by atoms with van der Waals surface area (Å²) < 4.78 is 45.3. The average molecular weight is 629 g/mol. The number of halogens is 3. The Kier molecular flexibility index (Phi) is 10.3. The number of carboxylic acid groups (broad SMARTS) is 1. The molecule has 3 atom stereocenters. The van der Waals surface area contributed by atoms with Crippen molar-refractivity contribution in [2.24, 2.45) is 5.92 Å². The molecule has 0 unspecified atom stereocenters. The molecule has 4 rings (SSSR count). The van der Waals surface area contributed by atoms with E-state index >= 15 is 0 Å². The van der Waals surface area contributed by atoms with Crippen molar-refractivity contribution in [2.45, 2.75) is 38.7 Å². The molecule has 1 heterocycles. The first kappa shape index (κ1) is 33.3. The number of carbonyl (C=O) groups excluding carboxylic acids is 2. The van der Waals surface area contributed by atoms with Gasteiger partial charge in [0.1, 0.15) is 6.10 Å². The summed E-state index contributed by atoms with van der Waals surface area (Å²) in [6.45, 7) is 4.54. The number of fused-ring (bicyclic) bond motifs is 1. The number of benzene rings is 3. The van der Waals surface area contributed by atoms with Gasteiger partial charge in [-0.15, -0.1) is 0 Å². The molecule has 0 radical (unpaired) electrons. The van der Waals surface area contributed by atoms with Crippen molar-refractivity contribution in [3.05, 3.63) is 89.0 Å². The van der Waals surface area contributed by atoms with Crippen LogP contribution < -0.4 is 15.4 Å². The largest absolute Gasteiger partial charge is 0.486 e. The Labute approximate surface area is 258 Å². The number of nitrogens with one attached hydrogen (secondary N) is 2. The Morgan fingerprint density at radius 2 is 1.73 bits per heavy atom. The summed E-state index contributed by atoms with van der Waals surface area (Å²) in [5.41, 5.74) is 0.687. The molecule has 240 valence electrons. The van der Waals surface area contributed by atoms with Gasteiger partial charge in [0.2, 0.25) is 0 Å². The third-order valence-electron chi connectivity index (χ3n) is 7.55. The van der Waals surface area contributed by atoms with E-state index in [1.54, 1.807) is 42.2 Å². The van der Waals surface area contributed by atoms with E-state index in [0.29, 0.717) is 13.1 Å². The zero-order valence-corrected chi connectivity index (χ0v) is 25.0. The number of ether oxygens (including phenoxy) is 1. The molecule has 0 fully saturated rings. The number of likely N-dealkylation sites (N-methyl/N-ethyl adjacent to an activating group) is 1. The van der Waals surface area contributed by atoms with Crippen LogP contribution >= 0.6 is 0 Å². The highest BCUT2D eigenvalue weighted by Gasteiger charge is 2.35. The number of rotatable bonds is 9. The van der Waals surface area contributed by atoms with Crippen LogP contribution in [-0.2, 0) is 12.7 Å². The second-order valence-corrected chi connectivity index (χ2v) is 11.2. The Bertz CT molecular complexity index is 1510. The highest BCUT2D eigenvalue weighted by Crippen LogP contribution is 2.35. The molecule has 0 spiro atoms. The molecule has 0 saturated heterocycles. The fourth-order valence-corrected chi connectivity index (χ4v) is 5.02. The second kappa shape index (κ2) is 14.0. The lowest BCUT2D eigenvalue weighted by Gasteiger charge is -2.38. The number of nitrogens with zero attached hydrogens (tertiary/aromatic N) is 2. The van der Waals surface area contributed by atoms with Gasteiger partial charge in [0.05, 0.1) is 35.0 Å². The summed E-state index contributed by atoms with van der Waals surface area (Å²) in [6, 6.07) is 13.9. The van der Waals surface area contributed by atoms with E-state index in [4.69, 9.17) is 4.74 Å². The second-order valence-electron chi connectivity index (χ2n) is 11.2. The summed E-state index contributed by atoms with van der Waals surface area (Å²) in [4.78, 5) is 41.4. The Morgan fingerprint density at radius 3 is 2.33 bits per heavy atom. The lowest BCUT2D eigenvalue weighted by Crippen LogP contribution is -2.49. The van der Waals surface area contributed by atoms with Crippen molar-refractivity contribution >= 4 is 29.3 Å². The highest BCUT2D eigenvalue weighted by molar-refractivity contribution is 6.04. The molecule has 3 aromatic rings.